The Kier molecular flexibility index (Phi) is 3.54. The van der Waals surface area contributed by atoms with Crippen LogP contribution in [0.4, 0.5) is 13.2 Å². The second-order valence-corrected chi connectivity index (χ2v) is 3.50. The molecule has 0 fully saturated rings. The van der Waals surface area contributed by atoms with Gasteiger partial charge in [-0.2, -0.15) is 0 Å². The summed E-state index contributed by atoms with van der Waals surface area (Å²) in [6, 6.07) is 2.55. The van der Waals surface area contributed by atoms with Gasteiger partial charge in [-0.05, 0) is 12.1 Å². The fourth-order valence-electron chi connectivity index (χ4n) is 1.57. The topological polar surface area (TPSA) is 63.8 Å². The van der Waals surface area contributed by atoms with Crippen LogP contribution in [0.25, 0.3) is 0 Å². The maximum atomic E-state index is 13.6. The van der Waals surface area contributed by atoms with E-state index in [0.29, 0.717) is 5.69 Å². The molecule has 0 saturated carbocycles. The van der Waals surface area contributed by atoms with Gasteiger partial charge in [0.05, 0.1) is 11.7 Å². The maximum Gasteiger partial charge on any atom is 0.194 e. The van der Waals surface area contributed by atoms with Gasteiger partial charge in [-0.15, -0.1) is 0 Å². The second-order valence-electron chi connectivity index (χ2n) is 3.50. The monoisotopic (exact) mass is 254 g/mol. The molecule has 0 radical (unpaired) electrons. The van der Waals surface area contributed by atoms with E-state index in [1.165, 1.54) is 18.6 Å². The molecular weight excluding hydrogens is 245 g/mol. The quantitative estimate of drug-likeness (QED) is 0.494. The standard InChI is InChI=1S/C11H9F3N4/c12-7-2-1-6(9(13)10(7)14)11(18-15)8-3-4-16-5-17-8/h1-5,11,18H,15H2. The van der Waals surface area contributed by atoms with Crippen molar-refractivity contribution < 1.29 is 13.2 Å². The summed E-state index contributed by atoms with van der Waals surface area (Å²) in [5.74, 6) is 1.21. The summed E-state index contributed by atoms with van der Waals surface area (Å²) in [6.45, 7) is 0. The minimum Gasteiger partial charge on any atom is -0.271 e. The fourth-order valence-corrected chi connectivity index (χ4v) is 1.57. The molecule has 0 bridgehead atoms. The first-order valence-corrected chi connectivity index (χ1v) is 5.00. The van der Waals surface area contributed by atoms with Crippen molar-refractivity contribution in [2.45, 2.75) is 6.04 Å². The predicted molar refractivity (Wildman–Crippen MR) is 57.5 cm³/mol. The van der Waals surface area contributed by atoms with E-state index in [4.69, 9.17) is 5.84 Å². The van der Waals surface area contributed by atoms with Crippen molar-refractivity contribution in [1.29, 1.82) is 0 Å². The Balaban J connectivity index is 2.50. The molecule has 1 heterocycles. The number of nitrogens with zero attached hydrogens (tertiary/aromatic N) is 2. The normalized spacial score (nSPS) is 12.4. The van der Waals surface area contributed by atoms with E-state index >= 15 is 0 Å². The van der Waals surface area contributed by atoms with Crippen molar-refractivity contribution in [1.82, 2.24) is 15.4 Å². The van der Waals surface area contributed by atoms with Gasteiger partial charge in [0.2, 0.25) is 0 Å². The van der Waals surface area contributed by atoms with E-state index in [1.54, 1.807) is 0 Å². The van der Waals surface area contributed by atoms with E-state index in [9.17, 15) is 13.2 Å². The van der Waals surface area contributed by atoms with Crippen LogP contribution in [0.5, 0.6) is 0 Å². The third kappa shape index (κ3) is 2.18. The largest absolute Gasteiger partial charge is 0.271 e. The fraction of sp³-hybridized carbons (Fsp3) is 0.0909. The van der Waals surface area contributed by atoms with E-state index in [0.717, 1.165) is 12.1 Å². The number of rotatable bonds is 3. The molecule has 0 spiro atoms. The van der Waals surface area contributed by atoms with Gasteiger partial charge in [0, 0.05) is 11.8 Å². The van der Waals surface area contributed by atoms with Gasteiger partial charge >= 0.3 is 0 Å². The van der Waals surface area contributed by atoms with Crippen molar-refractivity contribution in [3.63, 3.8) is 0 Å². The van der Waals surface area contributed by atoms with Gasteiger partial charge in [-0.25, -0.2) is 28.6 Å². The highest BCUT2D eigenvalue weighted by Gasteiger charge is 2.22. The van der Waals surface area contributed by atoms with Crippen LogP contribution in [0.3, 0.4) is 0 Å². The third-order valence-corrected chi connectivity index (χ3v) is 2.44. The van der Waals surface area contributed by atoms with Crippen LogP contribution in [-0.4, -0.2) is 9.97 Å². The zero-order valence-electron chi connectivity index (χ0n) is 9.07. The highest BCUT2D eigenvalue weighted by Crippen LogP contribution is 2.24. The SMILES string of the molecule is NNC(c1ccncn1)c1ccc(F)c(F)c1F. The Labute approximate surface area is 101 Å². The molecule has 94 valence electrons. The summed E-state index contributed by atoms with van der Waals surface area (Å²) in [5.41, 5.74) is 2.52. The lowest BCUT2D eigenvalue weighted by Gasteiger charge is -2.16. The molecule has 1 aromatic heterocycles. The van der Waals surface area contributed by atoms with Gasteiger partial charge in [-0.1, -0.05) is 6.07 Å². The molecule has 1 aromatic carbocycles. The van der Waals surface area contributed by atoms with Crippen molar-refractivity contribution >= 4 is 0 Å². The molecule has 4 nitrogen and oxygen atoms in total. The van der Waals surface area contributed by atoms with E-state index in [1.807, 2.05) is 0 Å². The average Bonchev–Trinajstić information content (AvgIpc) is 2.41. The van der Waals surface area contributed by atoms with E-state index < -0.39 is 23.5 Å². The maximum absolute atomic E-state index is 13.6. The smallest absolute Gasteiger partial charge is 0.194 e. The number of nitrogens with two attached hydrogens (primary N) is 1. The van der Waals surface area contributed by atoms with Crippen molar-refractivity contribution in [3.8, 4) is 0 Å². The molecule has 0 amide bonds. The third-order valence-electron chi connectivity index (χ3n) is 2.44. The molecule has 18 heavy (non-hydrogen) atoms. The first kappa shape index (κ1) is 12.5. The number of nitrogens with one attached hydrogen (secondary N) is 1. The highest BCUT2D eigenvalue weighted by molar-refractivity contribution is 5.29. The van der Waals surface area contributed by atoms with Gasteiger partial charge in [-0.3, -0.25) is 5.84 Å². The number of benzene rings is 1. The lowest BCUT2D eigenvalue weighted by Crippen LogP contribution is -2.30. The zero-order chi connectivity index (χ0) is 13.1. The summed E-state index contributed by atoms with van der Waals surface area (Å²) < 4.78 is 39.6. The molecular formula is C11H9F3N4. The summed E-state index contributed by atoms with van der Waals surface area (Å²) in [6.07, 6.45) is 2.68. The van der Waals surface area contributed by atoms with Gasteiger partial charge in [0.1, 0.15) is 6.33 Å². The number of hydrazine groups is 1. The minimum absolute atomic E-state index is 0.130. The molecule has 0 aliphatic carbocycles. The van der Waals surface area contributed by atoms with Crippen molar-refractivity contribution in [2.24, 2.45) is 5.84 Å². The molecule has 2 aromatic rings. The van der Waals surface area contributed by atoms with Crippen LogP contribution in [0.2, 0.25) is 0 Å². The molecule has 1 atom stereocenters. The lowest BCUT2D eigenvalue weighted by atomic mass is 10.0. The first-order valence-electron chi connectivity index (χ1n) is 5.00. The number of hydrogen-bond acceptors (Lipinski definition) is 4. The molecule has 2 rings (SSSR count). The van der Waals surface area contributed by atoms with E-state index in [-0.39, 0.29) is 5.56 Å². The first-order chi connectivity index (χ1) is 8.65. The predicted octanol–water partition coefficient (Wildman–Crippen LogP) is 1.45. The van der Waals surface area contributed by atoms with Gasteiger partial charge in [0.25, 0.3) is 0 Å². The number of aromatic nitrogens is 2. The molecule has 1 unspecified atom stereocenters. The Morgan fingerprint density at radius 3 is 2.50 bits per heavy atom. The van der Waals surface area contributed by atoms with Crippen molar-refractivity contribution in [2.75, 3.05) is 0 Å². The summed E-state index contributed by atoms with van der Waals surface area (Å²) >= 11 is 0. The van der Waals surface area contributed by atoms with Crippen LogP contribution in [0, 0.1) is 17.5 Å². The van der Waals surface area contributed by atoms with Crippen LogP contribution in [0.1, 0.15) is 17.3 Å². The van der Waals surface area contributed by atoms with Crippen LogP contribution < -0.4 is 11.3 Å². The highest BCUT2D eigenvalue weighted by atomic mass is 19.2. The minimum atomic E-state index is -1.54. The van der Waals surface area contributed by atoms with Crippen LogP contribution in [-0.2, 0) is 0 Å². The number of hydrogen-bond donors (Lipinski definition) is 2. The van der Waals surface area contributed by atoms with Gasteiger partial charge < -0.3 is 0 Å². The Morgan fingerprint density at radius 1 is 1.11 bits per heavy atom. The average molecular weight is 254 g/mol. The molecule has 0 saturated heterocycles. The Morgan fingerprint density at radius 2 is 1.89 bits per heavy atom. The molecule has 7 heteroatoms. The van der Waals surface area contributed by atoms with Gasteiger partial charge in [0.15, 0.2) is 17.5 Å². The van der Waals surface area contributed by atoms with Crippen LogP contribution in [0.15, 0.2) is 30.7 Å². The summed E-state index contributed by atoms with van der Waals surface area (Å²) in [7, 11) is 0. The van der Waals surface area contributed by atoms with Crippen LogP contribution >= 0.6 is 0 Å². The molecule has 3 N–H and O–H groups in total. The molecule has 0 aliphatic heterocycles. The zero-order valence-corrected chi connectivity index (χ0v) is 9.07. The lowest BCUT2D eigenvalue weighted by molar-refractivity contribution is 0.432. The summed E-state index contributed by atoms with van der Waals surface area (Å²) in [4.78, 5) is 7.59. The molecule has 0 aliphatic rings. The summed E-state index contributed by atoms with van der Waals surface area (Å²) in [5, 5.41) is 0. The van der Waals surface area contributed by atoms with Crippen molar-refractivity contribution in [3.05, 3.63) is 59.4 Å². The van der Waals surface area contributed by atoms with E-state index in [2.05, 4.69) is 15.4 Å². The number of halogens is 3. The Hall–Kier alpha value is -1.99. The second kappa shape index (κ2) is 5.11. The Bertz CT molecular complexity index is 547.